The first-order chi connectivity index (χ1) is 11.2. The number of rotatable bonds is 5. The molecule has 0 aromatic carbocycles. The quantitative estimate of drug-likeness (QED) is 0.289. The van der Waals surface area contributed by atoms with Crippen molar-refractivity contribution in [2.24, 2.45) is 5.41 Å². The van der Waals surface area contributed by atoms with Crippen molar-refractivity contribution in [2.45, 2.75) is 67.7 Å². The second kappa shape index (κ2) is 11.3. The molecule has 0 radical (unpaired) electrons. The standard InChI is InChI=1S/C20H27ClO.C2H6/c1-15(8-6-9-16(2)14-19(21)22)11-12-18-17(3)10-7-13-20(18,4)5;1-2/h6,8-9,11-12,14H,7,10,13H2,1-5H3;1-2H3/b9-6+,12-11+,15-8+,16-14+;. The van der Waals surface area contributed by atoms with Crippen LogP contribution in [0.25, 0.3) is 0 Å². The van der Waals surface area contributed by atoms with E-state index in [1.54, 1.807) is 0 Å². The number of hydrogen-bond acceptors (Lipinski definition) is 1. The molecule has 0 atom stereocenters. The first-order valence-electron chi connectivity index (χ1n) is 8.83. The summed E-state index contributed by atoms with van der Waals surface area (Å²) >= 11 is 5.31. The number of allylic oxidation sites excluding steroid dienone is 10. The van der Waals surface area contributed by atoms with Crippen LogP contribution in [0.5, 0.6) is 0 Å². The molecule has 0 fully saturated rings. The van der Waals surface area contributed by atoms with E-state index in [1.165, 1.54) is 42.1 Å². The van der Waals surface area contributed by atoms with Crippen molar-refractivity contribution in [3.05, 3.63) is 58.7 Å². The topological polar surface area (TPSA) is 17.1 Å². The average molecular weight is 349 g/mol. The van der Waals surface area contributed by atoms with Crippen molar-refractivity contribution >= 4 is 16.8 Å². The van der Waals surface area contributed by atoms with Crippen molar-refractivity contribution in [3.8, 4) is 0 Å². The first kappa shape index (κ1) is 22.7. The van der Waals surface area contributed by atoms with Gasteiger partial charge in [0, 0.05) is 6.08 Å². The molecule has 0 N–H and O–H groups in total. The molecule has 1 aliphatic carbocycles. The SMILES string of the molecule is CC.CC1=C(/C=C/C(C)=C/C=C/C(C)=C/C(=O)Cl)C(C)(C)CCC1. The van der Waals surface area contributed by atoms with Crippen LogP contribution in [0.15, 0.2) is 58.7 Å². The zero-order chi connectivity index (χ0) is 18.8. The van der Waals surface area contributed by atoms with Crippen molar-refractivity contribution in [2.75, 3.05) is 0 Å². The highest BCUT2D eigenvalue weighted by Gasteiger charge is 2.26. The molecular weight excluding hydrogens is 316 g/mol. The van der Waals surface area contributed by atoms with Crippen LogP contribution >= 0.6 is 11.6 Å². The first-order valence-corrected chi connectivity index (χ1v) is 9.21. The van der Waals surface area contributed by atoms with E-state index in [4.69, 9.17) is 11.6 Å². The Balaban J connectivity index is 0.00000254. The molecule has 134 valence electrons. The smallest absolute Gasteiger partial charge is 0.245 e. The van der Waals surface area contributed by atoms with Gasteiger partial charge in [-0.05, 0) is 68.2 Å². The van der Waals surface area contributed by atoms with Gasteiger partial charge in [-0.25, -0.2) is 0 Å². The molecule has 0 heterocycles. The molecule has 0 spiro atoms. The van der Waals surface area contributed by atoms with Crippen LogP contribution in [0.4, 0.5) is 0 Å². The van der Waals surface area contributed by atoms with E-state index in [1.807, 2.05) is 39.0 Å². The summed E-state index contributed by atoms with van der Waals surface area (Å²) in [6.45, 7) is 14.8. The van der Waals surface area contributed by atoms with Gasteiger partial charge in [0.15, 0.2) is 0 Å². The van der Waals surface area contributed by atoms with Gasteiger partial charge in [0.25, 0.3) is 0 Å². The number of carbonyl (C=O) groups excluding carboxylic acids is 1. The molecule has 2 heteroatoms. The maximum absolute atomic E-state index is 10.7. The van der Waals surface area contributed by atoms with Crippen LogP contribution < -0.4 is 0 Å². The van der Waals surface area contributed by atoms with Crippen molar-refractivity contribution in [1.82, 2.24) is 0 Å². The maximum Gasteiger partial charge on any atom is 0.245 e. The minimum atomic E-state index is -0.440. The van der Waals surface area contributed by atoms with E-state index in [9.17, 15) is 4.79 Å². The molecular formula is C22H33ClO. The fraction of sp³-hybridized carbons (Fsp3) is 0.500. The largest absolute Gasteiger partial charge is 0.276 e. The summed E-state index contributed by atoms with van der Waals surface area (Å²) in [6.07, 6.45) is 15.5. The van der Waals surface area contributed by atoms with Crippen LogP contribution in [-0.2, 0) is 4.79 Å². The normalized spacial score (nSPS) is 18.8. The highest BCUT2D eigenvalue weighted by atomic mass is 35.5. The van der Waals surface area contributed by atoms with Gasteiger partial charge in [0.1, 0.15) is 0 Å². The molecule has 0 aromatic heterocycles. The zero-order valence-corrected chi connectivity index (χ0v) is 17.1. The van der Waals surface area contributed by atoms with Gasteiger partial charge in [-0.1, -0.05) is 69.2 Å². The Morgan fingerprint density at radius 2 is 1.75 bits per heavy atom. The predicted octanol–water partition coefficient (Wildman–Crippen LogP) is 7.31. The summed E-state index contributed by atoms with van der Waals surface area (Å²) < 4.78 is 0. The molecule has 0 aliphatic heterocycles. The molecule has 1 rings (SSSR count). The molecule has 0 aromatic rings. The Morgan fingerprint density at radius 1 is 1.12 bits per heavy atom. The van der Waals surface area contributed by atoms with Crippen LogP contribution in [0.1, 0.15) is 67.7 Å². The summed E-state index contributed by atoms with van der Waals surface area (Å²) in [5.74, 6) is 0. The van der Waals surface area contributed by atoms with Crippen LogP contribution in [-0.4, -0.2) is 5.24 Å². The summed E-state index contributed by atoms with van der Waals surface area (Å²) in [5, 5.41) is -0.440. The fourth-order valence-corrected chi connectivity index (χ4v) is 3.03. The minimum Gasteiger partial charge on any atom is -0.276 e. The number of carbonyl (C=O) groups is 1. The molecule has 0 amide bonds. The van der Waals surface area contributed by atoms with Crippen molar-refractivity contribution < 1.29 is 4.79 Å². The van der Waals surface area contributed by atoms with Gasteiger partial charge in [-0.15, -0.1) is 0 Å². The lowest BCUT2D eigenvalue weighted by Gasteiger charge is -2.32. The van der Waals surface area contributed by atoms with E-state index in [2.05, 4.69) is 39.8 Å². The molecule has 0 saturated carbocycles. The third-order valence-electron chi connectivity index (χ3n) is 4.11. The zero-order valence-electron chi connectivity index (χ0n) is 16.4. The molecule has 24 heavy (non-hydrogen) atoms. The molecule has 1 aliphatic rings. The third kappa shape index (κ3) is 8.49. The van der Waals surface area contributed by atoms with Gasteiger partial charge in [-0.3, -0.25) is 4.79 Å². The van der Waals surface area contributed by atoms with E-state index >= 15 is 0 Å². The Kier molecular flexibility index (Phi) is 10.6. The lowest BCUT2D eigenvalue weighted by atomic mass is 9.72. The molecule has 1 nitrogen and oxygen atoms in total. The lowest BCUT2D eigenvalue weighted by molar-refractivity contribution is -0.107. The molecule has 0 unspecified atom stereocenters. The van der Waals surface area contributed by atoms with Gasteiger partial charge >= 0.3 is 0 Å². The predicted molar refractivity (Wildman–Crippen MR) is 108 cm³/mol. The summed E-state index contributed by atoms with van der Waals surface area (Å²) in [4.78, 5) is 10.7. The Hall–Kier alpha value is -1.34. The highest BCUT2D eigenvalue weighted by molar-refractivity contribution is 6.66. The van der Waals surface area contributed by atoms with Crippen molar-refractivity contribution in [3.63, 3.8) is 0 Å². The maximum atomic E-state index is 10.7. The molecule has 0 saturated heterocycles. The van der Waals surface area contributed by atoms with Crippen LogP contribution in [0.3, 0.4) is 0 Å². The average Bonchev–Trinajstić information content (AvgIpc) is 2.47. The number of halogens is 1. The van der Waals surface area contributed by atoms with Gasteiger partial charge in [0.2, 0.25) is 5.24 Å². The molecule has 0 bridgehead atoms. The second-order valence-corrected chi connectivity index (χ2v) is 7.10. The summed E-state index contributed by atoms with van der Waals surface area (Å²) in [5.41, 5.74) is 5.28. The van der Waals surface area contributed by atoms with E-state index in [0.717, 1.165) is 5.57 Å². The van der Waals surface area contributed by atoms with E-state index < -0.39 is 5.24 Å². The summed E-state index contributed by atoms with van der Waals surface area (Å²) in [6, 6.07) is 0. The van der Waals surface area contributed by atoms with Gasteiger partial charge in [0.05, 0.1) is 0 Å². The third-order valence-corrected chi connectivity index (χ3v) is 4.22. The second-order valence-electron chi connectivity index (χ2n) is 6.73. The Labute approximate surface area is 153 Å². The Morgan fingerprint density at radius 3 is 2.29 bits per heavy atom. The Bertz CT molecular complexity index is 569. The van der Waals surface area contributed by atoms with E-state index in [-0.39, 0.29) is 5.41 Å². The summed E-state index contributed by atoms with van der Waals surface area (Å²) in [7, 11) is 0. The lowest BCUT2D eigenvalue weighted by Crippen LogP contribution is -2.19. The van der Waals surface area contributed by atoms with Crippen LogP contribution in [0, 0.1) is 5.41 Å². The number of hydrogen-bond donors (Lipinski definition) is 0. The monoisotopic (exact) mass is 348 g/mol. The van der Waals surface area contributed by atoms with Crippen molar-refractivity contribution in [1.29, 1.82) is 0 Å². The van der Waals surface area contributed by atoms with Crippen LogP contribution in [0.2, 0.25) is 0 Å². The van der Waals surface area contributed by atoms with Gasteiger partial charge in [-0.2, -0.15) is 0 Å². The fourth-order valence-electron chi connectivity index (χ4n) is 2.86. The minimum absolute atomic E-state index is 0.273. The van der Waals surface area contributed by atoms with E-state index in [0.29, 0.717) is 0 Å². The van der Waals surface area contributed by atoms with Gasteiger partial charge < -0.3 is 0 Å². The highest BCUT2D eigenvalue weighted by Crippen LogP contribution is 2.40.